The van der Waals surface area contributed by atoms with E-state index in [1.165, 1.54) is 18.2 Å². The monoisotopic (exact) mass is 466 g/mol. The van der Waals surface area contributed by atoms with Gasteiger partial charge in [-0.1, -0.05) is 41.6 Å². The van der Waals surface area contributed by atoms with Crippen LogP contribution in [0.15, 0.2) is 66.3 Å². The highest BCUT2D eigenvalue weighted by atomic mass is 19.4. The van der Waals surface area contributed by atoms with Crippen LogP contribution in [-0.4, -0.2) is 54.2 Å². The topological polar surface area (TPSA) is 54.3 Å². The molecule has 0 fully saturated rings. The molecule has 0 saturated heterocycles. The van der Waals surface area contributed by atoms with Crippen LogP contribution in [0.2, 0.25) is 0 Å². The first kappa shape index (κ1) is 24.9. The summed E-state index contributed by atoms with van der Waals surface area (Å²) in [5.41, 5.74) is 1.13. The van der Waals surface area contributed by atoms with Crippen LogP contribution >= 0.6 is 0 Å². The molecule has 178 valence electrons. The summed E-state index contributed by atoms with van der Waals surface area (Å²) in [6, 6.07) is 11.0. The van der Waals surface area contributed by atoms with Gasteiger partial charge in [0.05, 0.1) is 30.6 Å². The summed E-state index contributed by atoms with van der Waals surface area (Å²) >= 11 is 0. The van der Waals surface area contributed by atoms with Crippen molar-refractivity contribution in [2.45, 2.75) is 31.3 Å². The number of aliphatic hydroxyl groups is 1. The molecule has 2 aromatic carbocycles. The van der Waals surface area contributed by atoms with Crippen molar-refractivity contribution < 1.29 is 32.2 Å². The molecule has 5 nitrogen and oxygen atoms in total. The van der Waals surface area contributed by atoms with E-state index in [4.69, 9.17) is 9.57 Å². The van der Waals surface area contributed by atoms with Crippen molar-refractivity contribution in [3.05, 3.63) is 83.7 Å². The first-order chi connectivity index (χ1) is 15.7. The Bertz CT molecular complexity index is 947. The summed E-state index contributed by atoms with van der Waals surface area (Å²) in [6.07, 6.45) is -3.64. The van der Waals surface area contributed by atoms with Gasteiger partial charge in [-0.25, -0.2) is 4.39 Å². The molecule has 0 spiro atoms. The van der Waals surface area contributed by atoms with Crippen molar-refractivity contribution in [3.8, 4) is 0 Å². The van der Waals surface area contributed by atoms with E-state index >= 15 is 0 Å². The number of benzene rings is 2. The predicted octanol–water partition coefficient (Wildman–Crippen LogP) is 4.40. The zero-order valence-corrected chi connectivity index (χ0v) is 18.0. The van der Waals surface area contributed by atoms with Crippen molar-refractivity contribution in [2.24, 2.45) is 5.16 Å². The molecule has 9 heteroatoms. The Kier molecular flexibility index (Phi) is 8.60. The third-order valence-electron chi connectivity index (χ3n) is 5.05. The minimum absolute atomic E-state index is 0.0635. The van der Waals surface area contributed by atoms with Crippen molar-refractivity contribution >= 4 is 5.71 Å². The van der Waals surface area contributed by atoms with Gasteiger partial charge in [-0.05, 0) is 29.3 Å². The van der Waals surface area contributed by atoms with Gasteiger partial charge in [-0.2, -0.15) is 13.2 Å². The minimum Gasteiger partial charge on any atom is -0.390 e. The normalized spacial score (nSPS) is 17.0. The predicted molar refractivity (Wildman–Crippen MR) is 116 cm³/mol. The average Bonchev–Trinajstić information content (AvgIpc) is 3.22. The number of rotatable bonds is 11. The summed E-state index contributed by atoms with van der Waals surface area (Å²) in [6.45, 7) is 4.56. The Balaban J connectivity index is 1.67. The van der Waals surface area contributed by atoms with E-state index in [-0.39, 0.29) is 38.2 Å². The standard InChI is InChI=1S/C24H26F4N2O3/c1-2-10-32-16-21(31)14-30(13-17-4-3-5-19(11-17)24(26,27)28)15-22-12-23(29-33-22)18-6-8-20(25)9-7-18/h2-9,11,21-22,31H,1,10,12-16H2. The third-order valence-corrected chi connectivity index (χ3v) is 5.05. The van der Waals surface area contributed by atoms with Gasteiger partial charge in [-0.3, -0.25) is 4.90 Å². The Morgan fingerprint density at radius 3 is 2.70 bits per heavy atom. The number of hydrogen-bond donors (Lipinski definition) is 1. The van der Waals surface area contributed by atoms with Crippen molar-refractivity contribution in [1.82, 2.24) is 4.90 Å². The van der Waals surface area contributed by atoms with Gasteiger partial charge in [0, 0.05) is 26.1 Å². The van der Waals surface area contributed by atoms with Gasteiger partial charge in [0.15, 0.2) is 0 Å². The number of nitrogens with zero attached hydrogens (tertiary/aromatic N) is 2. The number of oxime groups is 1. The van der Waals surface area contributed by atoms with Gasteiger partial charge < -0.3 is 14.7 Å². The maximum absolute atomic E-state index is 13.2. The number of aliphatic hydroxyl groups excluding tert-OH is 1. The Hall–Kier alpha value is -2.75. The molecule has 1 N–H and O–H groups in total. The molecule has 1 heterocycles. The smallest absolute Gasteiger partial charge is 0.390 e. The van der Waals surface area contributed by atoms with Crippen LogP contribution in [0, 0.1) is 5.82 Å². The molecule has 2 atom stereocenters. The van der Waals surface area contributed by atoms with E-state index in [0.717, 1.165) is 17.7 Å². The van der Waals surface area contributed by atoms with E-state index in [9.17, 15) is 22.7 Å². The Morgan fingerprint density at radius 1 is 1.24 bits per heavy atom. The molecule has 0 aliphatic carbocycles. The van der Waals surface area contributed by atoms with Gasteiger partial charge in [0.25, 0.3) is 0 Å². The van der Waals surface area contributed by atoms with Gasteiger partial charge >= 0.3 is 6.18 Å². The zero-order valence-electron chi connectivity index (χ0n) is 18.0. The molecule has 0 radical (unpaired) electrons. The van der Waals surface area contributed by atoms with Crippen LogP contribution in [0.5, 0.6) is 0 Å². The molecular formula is C24H26F4N2O3. The molecule has 0 amide bonds. The van der Waals surface area contributed by atoms with Crippen LogP contribution in [0.4, 0.5) is 17.6 Å². The fourth-order valence-electron chi connectivity index (χ4n) is 3.57. The van der Waals surface area contributed by atoms with Crippen molar-refractivity contribution in [3.63, 3.8) is 0 Å². The lowest BCUT2D eigenvalue weighted by Gasteiger charge is -2.27. The zero-order chi connectivity index (χ0) is 23.8. The van der Waals surface area contributed by atoms with Crippen LogP contribution in [-0.2, 0) is 22.3 Å². The van der Waals surface area contributed by atoms with E-state index < -0.39 is 17.8 Å². The fraction of sp³-hybridized carbons (Fsp3) is 0.375. The summed E-state index contributed by atoms with van der Waals surface area (Å²) in [5.74, 6) is -0.352. The molecule has 2 unspecified atom stereocenters. The first-order valence-corrected chi connectivity index (χ1v) is 10.5. The highest BCUT2D eigenvalue weighted by Crippen LogP contribution is 2.30. The molecule has 0 saturated carbocycles. The lowest BCUT2D eigenvalue weighted by atomic mass is 10.0. The van der Waals surface area contributed by atoms with Crippen LogP contribution in [0.3, 0.4) is 0 Å². The molecule has 0 aromatic heterocycles. The average molecular weight is 466 g/mol. The van der Waals surface area contributed by atoms with Crippen LogP contribution in [0.1, 0.15) is 23.1 Å². The molecule has 3 rings (SSSR count). The van der Waals surface area contributed by atoms with Gasteiger partial charge in [-0.15, -0.1) is 6.58 Å². The van der Waals surface area contributed by atoms with Crippen molar-refractivity contribution in [2.75, 3.05) is 26.3 Å². The second-order valence-electron chi connectivity index (χ2n) is 7.85. The largest absolute Gasteiger partial charge is 0.416 e. The summed E-state index contributed by atoms with van der Waals surface area (Å²) in [5, 5.41) is 14.4. The highest BCUT2D eigenvalue weighted by Gasteiger charge is 2.31. The van der Waals surface area contributed by atoms with Crippen LogP contribution in [0.25, 0.3) is 0 Å². The SMILES string of the molecule is C=CCOCC(O)CN(Cc1cccc(C(F)(F)F)c1)CC1CC(c2ccc(F)cc2)=NO1. The van der Waals surface area contributed by atoms with Crippen LogP contribution < -0.4 is 0 Å². The van der Waals surface area contributed by atoms with Crippen molar-refractivity contribution in [1.29, 1.82) is 0 Å². The first-order valence-electron chi connectivity index (χ1n) is 10.5. The molecule has 1 aliphatic heterocycles. The number of halogens is 4. The molecule has 33 heavy (non-hydrogen) atoms. The fourth-order valence-corrected chi connectivity index (χ4v) is 3.57. The second kappa shape index (κ2) is 11.4. The maximum Gasteiger partial charge on any atom is 0.416 e. The maximum atomic E-state index is 13.2. The van der Waals surface area contributed by atoms with Gasteiger partial charge in [0.1, 0.15) is 11.9 Å². The summed E-state index contributed by atoms with van der Waals surface area (Å²) in [4.78, 5) is 7.33. The van der Waals surface area contributed by atoms with E-state index in [1.807, 2.05) is 4.90 Å². The van der Waals surface area contributed by atoms with Gasteiger partial charge in [0.2, 0.25) is 0 Å². The lowest BCUT2D eigenvalue weighted by Crippen LogP contribution is -2.39. The summed E-state index contributed by atoms with van der Waals surface area (Å²) < 4.78 is 57.8. The van der Waals surface area contributed by atoms with E-state index in [1.54, 1.807) is 24.3 Å². The molecule has 1 aliphatic rings. The molecular weight excluding hydrogens is 440 g/mol. The molecule has 2 aromatic rings. The van der Waals surface area contributed by atoms with E-state index in [2.05, 4.69) is 11.7 Å². The summed E-state index contributed by atoms with van der Waals surface area (Å²) in [7, 11) is 0. The minimum atomic E-state index is -4.44. The quantitative estimate of drug-likeness (QED) is 0.303. The highest BCUT2D eigenvalue weighted by molar-refractivity contribution is 6.01. The number of ether oxygens (including phenoxy) is 1. The number of hydrogen-bond acceptors (Lipinski definition) is 5. The number of alkyl halides is 3. The Labute approximate surface area is 189 Å². The molecule has 0 bridgehead atoms. The Morgan fingerprint density at radius 2 is 2.00 bits per heavy atom. The van der Waals surface area contributed by atoms with E-state index in [0.29, 0.717) is 24.2 Å². The lowest BCUT2D eigenvalue weighted by molar-refractivity contribution is -0.137. The third kappa shape index (κ3) is 7.66. The second-order valence-corrected chi connectivity index (χ2v) is 7.85.